The van der Waals surface area contributed by atoms with Crippen molar-refractivity contribution in [2.24, 2.45) is 11.8 Å². The summed E-state index contributed by atoms with van der Waals surface area (Å²) in [6, 6.07) is -0.475. The molecule has 0 spiro atoms. The normalized spacial score (nSPS) is 11.9. The number of nitrogens with zero attached hydrogens (tertiary/aromatic N) is 3. The molecule has 0 fully saturated rings. The van der Waals surface area contributed by atoms with Crippen LogP contribution in [0.4, 0.5) is 10.7 Å². The lowest BCUT2D eigenvalue weighted by atomic mass is 9.94. The van der Waals surface area contributed by atoms with E-state index in [-0.39, 0.29) is 24.8 Å². The van der Waals surface area contributed by atoms with Gasteiger partial charge in [-0.1, -0.05) is 13.8 Å². The summed E-state index contributed by atoms with van der Waals surface area (Å²) in [5.41, 5.74) is 0. The van der Waals surface area contributed by atoms with E-state index in [1.807, 2.05) is 13.8 Å². The van der Waals surface area contributed by atoms with Crippen LogP contribution in [0.15, 0.2) is 12.4 Å². The van der Waals surface area contributed by atoms with Crippen LogP contribution in [0.5, 0.6) is 0 Å². The second kappa shape index (κ2) is 8.03. The van der Waals surface area contributed by atoms with E-state index in [2.05, 4.69) is 25.8 Å². The molecule has 0 saturated heterocycles. The van der Waals surface area contributed by atoms with Crippen LogP contribution < -0.4 is 10.6 Å². The molecule has 1 atom stereocenters. The summed E-state index contributed by atoms with van der Waals surface area (Å²) in [5.74, 6) is -0.504. The minimum absolute atomic E-state index is 0.0296. The highest BCUT2D eigenvalue weighted by atomic mass is 16.4. The van der Waals surface area contributed by atoms with Crippen LogP contribution in [0.2, 0.25) is 0 Å². The van der Waals surface area contributed by atoms with Crippen LogP contribution in [-0.4, -0.2) is 38.8 Å². The maximum Gasteiger partial charge on any atom is 0.321 e. The van der Waals surface area contributed by atoms with Crippen LogP contribution in [0.25, 0.3) is 0 Å². The van der Waals surface area contributed by atoms with Crippen molar-refractivity contribution in [3.05, 3.63) is 12.4 Å². The van der Waals surface area contributed by atoms with E-state index < -0.39 is 12.0 Å². The van der Waals surface area contributed by atoms with Gasteiger partial charge in [0.05, 0.1) is 12.4 Å². The highest BCUT2D eigenvalue weighted by Gasteiger charge is 2.16. The summed E-state index contributed by atoms with van der Waals surface area (Å²) in [6.45, 7) is 4.31. The molecule has 0 aliphatic rings. The van der Waals surface area contributed by atoms with Gasteiger partial charge in [0.2, 0.25) is 0 Å². The van der Waals surface area contributed by atoms with Crippen molar-refractivity contribution in [3.8, 4) is 0 Å². The predicted octanol–water partition coefficient (Wildman–Crippen LogP) is 1.13. The summed E-state index contributed by atoms with van der Waals surface area (Å²) in [5, 5.41) is 21.1. The molecule has 1 aromatic rings. The Kier molecular flexibility index (Phi) is 6.34. The summed E-state index contributed by atoms with van der Waals surface area (Å²) in [7, 11) is 0. The Morgan fingerprint density at radius 3 is 2.65 bits per heavy atom. The minimum atomic E-state index is -0.867. The van der Waals surface area contributed by atoms with Gasteiger partial charge in [-0.3, -0.25) is 10.1 Å². The zero-order valence-corrected chi connectivity index (χ0v) is 11.5. The molecule has 20 heavy (non-hydrogen) atoms. The number of urea groups is 1. The van der Waals surface area contributed by atoms with Gasteiger partial charge in [0.25, 0.3) is 5.95 Å². The van der Waals surface area contributed by atoms with Gasteiger partial charge in [-0.15, -0.1) is 5.10 Å². The van der Waals surface area contributed by atoms with E-state index in [9.17, 15) is 9.59 Å². The molecule has 0 unspecified atom stereocenters. The monoisotopic (exact) mass is 281 g/mol. The lowest BCUT2D eigenvalue weighted by molar-refractivity contribution is -0.138. The number of rotatable bonds is 7. The van der Waals surface area contributed by atoms with Gasteiger partial charge in [0.1, 0.15) is 0 Å². The third kappa shape index (κ3) is 6.62. The number of aliphatic carboxylic acids is 1. The van der Waals surface area contributed by atoms with E-state index in [1.165, 1.54) is 12.4 Å². The summed E-state index contributed by atoms with van der Waals surface area (Å²) in [6.07, 6.45) is 3.57. The van der Waals surface area contributed by atoms with Crippen molar-refractivity contribution in [2.75, 3.05) is 11.9 Å². The number of amides is 2. The van der Waals surface area contributed by atoms with E-state index in [4.69, 9.17) is 5.11 Å². The molecule has 0 radical (unpaired) electrons. The number of nitrogens with one attached hydrogen (secondary N) is 2. The molecule has 1 rings (SSSR count). The maximum absolute atomic E-state index is 11.6. The van der Waals surface area contributed by atoms with Crippen LogP contribution >= 0.6 is 0 Å². The van der Waals surface area contributed by atoms with Crippen molar-refractivity contribution < 1.29 is 14.7 Å². The molecule has 2 amide bonds. The average Bonchev–Trinajstić information content (AvgIpc) is 2.36. The van der Waals surface area contributed by atoms with Crippen LogP contribution in [-0.2, 0) is 4.79 Å². The third-order valence-electron chi connectivity index (χ3n) is 2.53. The quantitative estimate of drug-likeness (QED) is 0.689. The zero-order valence-electron chi connectivity index (χ0n) is 11.5. The first-order chi connectivity index (χ1) is 9.47. The highest BCUT2D eigenvalue weighted by molar-refractivity contribution is 5.87. The number of anilines is 1. The SMILES string of the molecule is CC(C)C[C@H](CNC(=O)Nc1nccnn1)CC(=O)O. The van der Waals surface area contributed by atoms with Crippen LogP contribution in [0, 0.1) is 11.8 Å². The second-order valence-corrected chi connectivity index (χ2v) is 4.89. The lowest BCUT2D eigenvalue weighted by Gasteiger charge is -2.17. The summed E-state index contributed by atoms with van der Waals surface area (Å²) in [4.78, 5) is 26.2. The fourth-order valence-corrected chi connectivity index (χ4v) is 1.84. The fraction of sp³-hybridized carbons (Fsp3) is 0.583. The Hall–Kier alpha value is -2.25. The Bertz CT molecular complexity index is 438. The molecule has 3 N–H and O–H groups in total. The second-order valence-electron chi connectivity index (χ2n) is 4.89. The molecule has 1 aromatic heterocycles. The Labute approximate surface area is 117 Å². The number of hydrogen-bond acceptors (Lipinski definition) is 5. The molecule has 0 aliphatic carbocycles. The lowest BCUT2D eigenvalue weighted by Crippen LogP contribution is -2.34. The van der Waals surface area contributed by atoms with E-state index in [0.717, 1.165) is 6.42 Å². The van der Waals surface area contributed by atoms with Gasteiger partial charge in [-0.25, -0.2) is 9.78 Å². The number of carboxylic acids is 1. The first-order valence-corrected chi connectivity index (χ1v) is 6.37. The predicted molar refractivity (Wildman–Crippen MR) is 72.0 cm³/mol. The van der Waals surface area contributed by atoms with E-state index >= 15 is 0 Å². The van der Waals surface area contributed by atoms with Crippen LogP contribution in [0.1, 0.15) is 26.7 Å². The van der Waals surface area contributed by atoms with Crippen molar-refractivity contribution >= 4 is 17.9 Å². The smallest absolute Gasteiger partial charge is 0.321 e. The Balaban J connectivity index is 2.41. The number of carbonyl (C=O) groups excluding carboxylic acids is 1. The number of carbonyl (C=O) groups is 2. The minimum Gasteiger partial charge on any atom is -0.481 e. The van der Waals surface area contributed by atoms with Gasteiger partial charge in [-0.05, 0) is 18.3 Å². The highest BCUT2D eigenvalue weighted by Crippen LogP contribution is 2.14. The Morgan fingerprint density at radius 1 is 1.35 bits per heavy atom. The van der Waals surface area contributed by atoms with Crippen molar-refractivity contribution in [1.82, 2.24) is 20.5 Å². The molecule has 0 aliphatic heterocycles. The summed E-state index contributed by atoms with van der Waals surface area (Å²) >= 11 is 0. The van der Waals surface area contributed by atoms with Crippen LogP contribution in [0.3, 0.4) is 0 Å². The van der Waals surface area contributed by atoms with Gasteiger partial charge in [-0.2, -0.15) is 5.10 Å². The maximum atomic E-state index is 11.6. The third-order valence-corrected chi connectivity index (χ3v) is 2.53. The molecular weight excluding hydrogens is 262 g/mol. The van der Waals surface area contributed by atoms with Gasteiger partial charge < -0.3 is 10.4 Å². The van der Waals surface area contributed by atoms with Crippen molar-refractivity contribution in [1.29, 1.82) is 0 Å². The van der Waals surface area contributed by atoms with Crippen molar-refractivity contribution in [3.63, 3.8) is 0 Å². The Morgan fingerprint density at radius 2 is 2.10 bits per heavy atom. The van der Waals surface area contributed by atoms with E-state index in [0.29, 0.717) is 5.92 Å². The zero-order chi connectivity index (χ0) is 15.0. The molecule has 8 nitrogen and oxygen atoms in total. The molecular formula is C12H19N5O3. The van der Waals surface area contributed by atoms with Gasteiger partial charge in [0.15, 0.2) is 0 Å². The number of hydrogen-bond donors (Lipinski definition) is 3. The molecule has 0 aromatic carbocycles. The molecule has 0 saturated carbocycles. The topological polar surface area (TPSA) is 117 Å². The number of carboxylic acid groups (broad SMARTS) is 1. The first kappa shape index (κ1) is 15.8. The van der Waals surface area contributed by atoms with Gasteiger partial charge >= 0.3 is 12.0 Å². The molecule has 1 heterocycles. The molecule has 8 heteroatoms. The summed E-state index contributed by atoms with van der Waals surface area (Å²) < 4.78 is 0. The standard InChI is InChI=1S/C12H19N5O3/c1-8(2)5-9(6-10(18)19)7-14-12(20)16-11-13-3-4-15-17-11/h3-4,8-9H,5-7H2,1-2H3,(H,18,19)(H2,13,14,16,17,20)/t9-/m0/s1. The first-order valence-electron chi connectivity index (χ1n) is 6.37. The van der Waals surface area contributed by atoms with Crippen molar-refractivity contribution in [2.45, 2.75) is 26.7 Å². The largest absolute Gasteiger partial charge is 0.481 e. The molecule has 110 valence electrons. The fourth-order valence-electron chi connectivity index (χ4n) is 1.84. The average molecular weight is 281 g/mol. The number of aromatic nitrogens is 3. The van der Waals surface area contributed by atoms with Gasteiger partial charge in [0, 0.05) is 13.0 Å². The molecule has 0 bridgehead atoms. The van der Waals surface area contributed by atoms with E-state index in [1.54, 1.807) is 0 Å².